The fourth-order valence-electron chi connectivity index (χ4n) is 5.00. The summed E-state index contributed by atoms with van der Waals surface area (Å²) in [7, 11) is 0. The van der Waals surface area contributed by atoms with Crippen molar-refractivity contribution in [1.82, 2.24) is 10.2 Å². The first-order valence-electron chi connectivity index (χ1n) is 10.9. The van der Waals surface area contributed by atoms with Crippen molar-refractivity contribution < 1.29 is 9.90 Å². The summed E-state index contributed by atoms with van der Waals surface area (Å²) in [5.41, 5.74) is 2.38. The zero-order chi connectivity index (χ0) is 21.7. The van der Waals surface area contributed by atoms with E-state index in [1.807, 2.05) is 54.6 Å². The Hall–Kier alpha value is -2.95. The lowest BCUT2D eigenvalue weighted by atomic mass is 9.71. The van der Waals surface area contributed by atoms with Gasteiger partial charge in [0.05, 0.1) is 17.7 Å². The predicted molar refractivity (Wildman–Crippen MR) is 123 cm³/mol. The highest BCUT2D eigenvalue weighted by atomic mass is 16.3. The SMILES string of the molecule is CC(=O)N[C@@]1(c2ccccc2)CC[C@](CO)(c2ccccc2)N(Cc2ccccc2)C1. The molecule has 0 bridgehead atoms. The smallest absolute Gasteiger partial charge is 0.217 e. The van der Waals surface area contributed by atoms with Gasteiger partial charge in [0, 0.05) is 20.0 Å². The monoisotopic (exact) mass is 414 g/mol. The molecule has 1 heterocycles. The molecule has 1 aliphatic heterocycles. The molecule has 4 heteroatoms. The van der Waals surface area contributed by atoms with Gasteiger partial charge in [0.15, 0.2) is 0 Å². The number of aliphatic hydroxyl groups excluding tert-OH is 1. The molecule has 1 saturated heterocycles. The van der Waals surface area contributed by atoms with E-state index in [0.717, 1.165) is 24.0 Å². The molecule has 1 amide bonds. The van der Waals surface area contributed by atoms with Gasteiger partial charge >= 0.3 is 0 Å². The summed E-state index contributed by atoms with van der Waals surface area (Å²) in [6, 6.07) is 30.8. The van der Waals surface area contributed by atoms with Crippen LogP contribution in [0.15, 0.2) is 91.0 Å². The zero-order valence-electron chi connectivity index (χ0n) is 18.0. The number of piperidine rings is 1. The van der Waals surface area contributed by atoms with E-state index in [-0.39, 0.29) is 12.5 Å². The van der Waals surface area contributed by atoms with Crippen LogP contribution in [-0.4, -0.2) is 29.1 Å². The molecule has 3 aromatic carbocycles. The normalized spacial score (nSPS) is 23.9. The number of rotatable bonds is 6. The number of hydrogen-bond donors (Lipinski definition) is 2. The molecule has 3 aromatic rings. The van der Waals surface area contributed by atoms with Crippen molar-refractivity contribution in [3.63, 3.8) is 0 Å². The highest BCUT2D eigenvalue weighted by Crippen LogP contribution is 2.45. The molecule has 4 nitrogen and oxygen atoms in total. The molecule has 2 atom stereocenters. The standard InChI is InChI=1S/C27H30N2O2/c1-22(31)28-26(24-13-7-3-8-14-24)17-18-27(21-30,25-15-9-4-10-16-25)29(20-26)19-23-11-5-2-6-12-23/h2-16,30H,17-21H2,1H3,(H,28,31)/t26-,27-/m0/s1. The molecule has 2 N–H and O–H groups in total. The Morgan fingerprint density at radius 2 is 1.42 bits per heavy atom. The van der Waals surface area contributed by atoms with Crippen LogP contribution < -0.4 is 5.32 Å². The third-order valence-electron chi connectivity index (χ3n) is 6.56. The van der Waals surface area contributed by atoms with Gasteiger partial charge in [-0.25, -0.2) is 0 Å². The number of hydrogen-bond acceptors (Lipinski definition) is 3. The van der Waals surface area contributed by atoms with Crippen LogP contribution in [-0.2, 0) is 22.4 Å². The van der Waals surface area contributed by atoms with Crippen LogP contribution in [0.25, 0.3) is 0 Å². The largest absolute Gasteiger partial charge is 0.394 e. The average molecular weight is 415 g/mol. The minimum absolute atomic E-state index is 0.0226. The van der Waals surface area contributed by atoms with Crippen molar-refractivity contribution >= 4 is 5.91 Å². The average Bonchev–Trinajstić information content (AvgIpc) is 2.81. The lowest BCUT2D eigenvalue weighted by Gasteiger charge is -2.54. The van der Waals surface area contributed by atoms with Crippen LogP contribution >= 0.6 is 0 Å². The highest BCUT2D eigenvalue weighted by Gasteiger charge is 2.49. The molecule has 0 aliphatic carbocycles. The maximum Gasteiger partial charge on any atom is 0.217 e. The van der Waals surface area contributed by atoms with Gasteiger partial charge in [0.1, 0.15) is 0 Å². The van der Waals surface area contributed by atoms with Crippen molar-refractivity contribution in [2.45, 2.75) is 37.4 Å². The number of amides is 1. The Morgan fingerprint density at radius 3 is 1.97 bits per heavy atom. The Bertz CT molecular complexity index is 994. The van der Waals surface area contributed by atoms with Gasteiger partial charge in [-0.15, -0.1) is 0 Å². The van der Waals surface area contributed by atoms with E-state index in [0.29, 0.717) is 13.1 Å². The van der Waals surface area contributed by atoms with Crippen LogP contribution in [0.2, 0.25) is 0 Å². The molecule has 1 fully saturated rings. The van der Waals surface area contributed by atoms with Gasteiger partial charge in [-0.1, -0.05) is 91.0 Å². The van der Waals surface area contributed by atoms with E-state index in [1.165, 1.54) is 5.56 Å². The number of likely N-dealkylation sites (tertiary alicyclic amines) is 1. The van der Waals surface area contributed by atoms with Gasteiger partial charge in [0.2, 0.25) is 5.91 Å². The van der Waals surface area contributed by atoms with E-state index in [9.17, 15) is 9.90 Å². The van der Waals surface area contributed by atoms with Crippen molar-refractivity contribution in [1.29, 1.82) is 0 Å². The number of carbonyl (C=O) groups is 1. The fraction of sp³-hybridized carbons (Fsp3) is 0.296. The minimum atomic E-state index is -0.506. The molecular formula is C27H30N2O2. The van der Waals surface area contributed by atoms with E-state index in [4.69, 9.17) is 0 Å². The third kappa shape index (κ3) is 4.27. The van der Waals surface area contributed by atoms with E-state index >= 15 is 0 Å². The molecule has 1 aliphatic rings. The second kappa shape index (κ2) is 9.04. The molecule has 160 valence electrons. The lowest BCUT2D eigenvalue weighted by Crippen LogP contribution is -2.63. The van der Waals surface area contributed by atoms with Gasteiger partial charge in [-0.2, -0.15) is 0 Å². The van der Waals surface area contributed by atoms with Crippen molar-refractivity contribution in [3.8, 4) is 0 Å². The van der Waals surface area contributed by atoms with Crippen molar-refractivity contribution in [2.75, 3.05) is 13.2 Å². The van der Waals surface area contributed by atoms with Gasteiger partial charge in [-0.05, 0) is 29.5 Å². The van der Waals surface area contributed by atoms with Crippen molar-refractivity contribution in [3.05, 3.63) is 108 Å². The predicted octanol–water partition coefficient (Wildman–Crippen LogP) is 4.20. The number of nitrogens with one attached hydrogen (secondary N) is 1. The molecular weight excluding hydrogens is 384 g/mol. The summed E-state index contributed by atoms with van der Waals surface area (Å²) >= 11 is 0. The third-order valence-corrected chi connectivity index (χ3v) is 6.56. The molecule has 4 rings (SSSR count). The first-order valence-corrected chi connectivity index (χ1v) is 10.9. The number of benzene rings is 3. The second-order valence-corrected chi connectivity index (χ2v) is 8.53. The minimum Gasteiger partial charge on any atom is -0.394 e. The van der Waals surface area contributed by atoms with Crippen LogP contribution in [0.5, 0.6) is 0 Å². The summed E-state index contributed by atoms with van der Waals surface area (Å²) < 4.78 is 0. The molecule has 0 radical (unpaired) electrons. The number of nitrogens with zero attached hydrogens (tertiary/aromatic N) is 1. The van der Waals surface area contributed by atoms with Crippen molar-refractivity contribution in [2.24, 2.45) is 0 Å². The Morgan fingerprint density at radius 1 is 0.871 bits per heavy atom. The first kappa shape index (κ1) is 21.3. The number of carbonyl (C=O) groups excluding carboxylic acids is 1. The Balaban J connectivity index is 1.80. The van der Waals surface area contributed by atoms with Gasteiger partial charge < -0.3 is 10.4 Å². The Kier molecular flexibility index (Phi) is 6.21. The van der Waals surface area contributed by atoms with Gasteiger partial charge in [-0.3, -0.25) is 9.69 Å². The fourth-order valence-corrected chi connectivity index (χ4v) is 5.00. The second-order valence-electron chi connectivity index (χ2n) is 8.53. The van der Waals surface area contributed by atoms with E-state index in [1.54, 1.807) is 6.92 Å². The van der Waals surface area contributed by atoms with Crippen LogP contribution in [0, 0.1) is 0 Å². The lowest BCUT2D eigenvalue weighted by molar-refractivity contribution is -0.124. The quantitative estimate of drug-likeness (QED) is 0.636. The molecule has 0 saturated carbocycles. The van der Waals surface area contributed by atoms with E-state index < -0.39 is 11.1 Å². The maximum absolute atomic E-state index is 12.3. The van der Waals surface area contributed by atoms with Crippen LogP contribution in [0.4, 0.5) is 0 Å². The summed E-state index contributed by atoms with van der Waals surface area (Å²) in [5, 5.41) is 14.0. The van der Waals surface area contributed by atoms with E-state index in [2.05, 4.69) is 46.6 Å². The number of aliphatic hydroxyl groups is 1. The highest BCUT2D eigenvalue weighted by molar-refractivity contribution is 5.74. The van der Waals surface area contributed by atoms with Gasteiger partial charge in [0.25, 0.3) is 0 Å². The molecule has 31 heavy (non-hydrogen) atoms. The van der Waals surface area contributed by atoms with Crippen LogP contribution in [0.3, 0.4) is 0 Å². The summed E-state index contributed by atoms with van der Waals surface area (Å²) in [6.45, 7) is 2.90. The first-order chi connectivity index (χ1) is 15.1. The zero-order valence-corrected chi connectivity index (χ0v) is 18.0. The maximum atomic E-state index is 12.3. The molecule has 0 unspecified atom stereocenters. The summed E-state index contributed by atoms with van der Waals surface area (Å²) in [4.78, 5) is 14.6. The molecule has 0 aromatic heterocycles. The summed E-state index contributed by atoms with van der Waals surface area (Å²) in [6.07, 6.45) is 1.48. The topological polar surface area (TPSA) is 52.6 Å². The van der Waals surface area contributed by atoms with Crippen LogP contribution in [0.1, 0.15) is 36.5 Å². The summed E-state index contributed by atoms with van der Waals surface area (Å²) in [5.74, 6) is -0.0419. The molecule has 0 spiro atoms. The Labute approximate surface area is 184 Å².